The summed E-state index contributed by atoms with van der Waals surface area (Å²) in [5.74, 6) is 0.803. The Morgan fingerprint density at radius 2 is 1.69 bits per heavy atom. The second-order valence-electron chi connectivity index (χ2n) is 7.84. The summed E-state index contributed by atoms with van der Waals surface area (Å²) in [4.78, 5) is 13.7. The third kappa shape index (κ3) is 5.72. The Hall–Kier alpha value is -2.78. The summed E-state index contributed by atoms with van der Waals surface area (Å²) in [5, 5.41) is 0. The van der Waals surface area contributed by atoms with Gasteiger partial charge in [-0.15, -0.1) is 0 Å². The molecule has 32 heavy (non-hydrogen) atoms. The fraction of sp³-hybridized carbons (Fsp3) is 0.435. The van der Waals surface area contributed by atoms with Crippen LogP contribution in [0.5, 0.6) is 11.5 Å². The SMILES string of the molecule is COC(=O)COc1cc(N2CCN(S(=O)(=O)c3ccc(OC(C)C)cc3)CC2)ccc1C. The predicted molar refractivity (Wildman–Crippen MR) is 122 cm³/mol. The lowest BCUT2D eigenvalue weighted by Gasteiger charge is -2.35. The molecule has 0 aromatic heterocycles. The lowest BCUT2D eigenvalue weighted by Crippen LogP contribution is -2.48. The van der Waals surface area contributed by atoms with Crippen LogP contribution in [0.4, 0.5) is 5.69 Å². The maximum Gasteiger partial charge on any atom is 0.343 e. The number of esters is 1. The van der Waals surface area contributed by atoms with Gasteiger partial charge in [0.15, 0.2) is 6.61 Å². The van der Waals surface area contributed by atoms with E-state index in [4.69, 9.17) is 9.47 Å². The average molecular weight is 463 g/mol. The molecule has 2 aromatic carbocycles. The monoisotopic (exact) mass is 462 g/mol. The molecule has 0 radical (unpaired) electrons. The number of piperazine rings is 1. The van der Waals surface area contributed by atoms with Crippen LogP contribution in [-0.2, 0) is 19.6 Å². The van der Waals surface area contributed by atoms with Gasteiger partial charge in [0, 0.05) is 37.9 Å². The average Bonchev–Trinajstić information content (AvgIpc) is 2.78. The summed E-state index contributed by atoms with van der Waals surface area (Å²) in [6.07, 6.45) is 0.0266. The maximum atomic E-state index is 13.0. The molecule has 0 spiro atoms. The highest BCUT2D eigenvalue weighted by molar-refractivity contribution is 7.89. The minimum atomic E-state index is -3.57. The first kappa shape index (κ1) is 23.9. The molecule has 1 aliphatic rings. The zero-order chi connectivity index (χ0) is 23.3. The lowest BCUT2D eigenvalue weighted by atomic mass is 10.2. The quantitative estimate of drug-likeness (QED) is 0.558. The molecule has 0 unspecified atom stereocenters. The van der Waals surface area contributed by atoms with E-state index < -0.39 is 16.0 Å². The first-order chi connectivity index (χ1) is 15.2. The third-order valence-electron chi connectivity index (χ3n) is 5.18. The van der Waals surface area contributed by atoms with Gasteiger partial charge in [-0.3, -0.25) is 0 Å². The molecule has 2 aromatic rings. The lowest BCUT2D eigenvalue weighted by molar-refractivity contribution is -0.142. The van der Waals surface area contributed by atoms with E-state index in [1.165, 1.54) is 11.4 Å². The minimum absolute atomic E-state index is 0.0266. The van der Waals surface area contributed by atoms with Gasteiger partial charge in [-0.1, -0.05) is 6.07 Å². The second-order valence-corrected chi connectivity index (χ2v) is 9.78. The molecule has 0 bridgehead atoms. The zero-order valence-electron chi connectivity index (χ0n) is 18.9. The normalized spacial score (nSPS) is 15.0. The van der Waals surface area contributed by atoms with Gasteiger partial charge in [-0.05, 0) is 56.7 Å². The smallest absolute Gasteiger partial charge is 0.343 e. The molecule has 0 saturated carbocycles. The fourth-order valence-corrected chi connectivity index (χ4v) is 4.86. The number of hydrogen-bond acceptors (Lipinski definition) is 7. The van der Waals surface area contributed by atoms with E-state index in [0.29, 0.717) is 37.7 Å². The van der Waals surface area contributed by atoms with Gasteiger partial charge in [-0.25, -0.2) is 13.2 Å². The Morgan fingerprint density at radius 1 is 1.03 bits per heavy atom. The molecule has 1 aliphatic heterocycles. The number of benzene rings is 2. The molecule has 174 valence electrons. The van der Waals surface area contributed by atoms with Crippen LogP contribution in [0.15, 0.2) is 47.4 Å². The maximum absolute atomic E-state index is 13.0. The summed E-state index contributed by atoms with van der Waals surface area (Å²) in [5.41, 5.74) is 1.83. The first-order valence-corrected chi connectivity index (χ1v) is 12.0. The van der Waals surface area contributed by atoms with Crippen LogP contribution in [0, 0.1) is 6.92 Å². The number of hydrogen-bond donors (Lipinski definition) is 0. The van der Waals surface area contributed by atoms with Crippen molar-refractivity contribution >= 4 is 21.7 Å². The van der Waals surface area contributed by atoms with Crippen LogP contribution < -0.4 is 14.4 Å². The molecule has 0 aliphatic carbocycles. The van der Waals surface area contributed by atoms with Crippen molar-refractivity contribution in [3.63, 3.8) is 0 Å². The molecule has 9 heteroatoms. The number of nitrogens with zero attached hydrogens (tertiary/aromatic N) is 2. The van der Waals surface area contributed by atoms with Gasteiger partial charge < -0.3 is 19.1 Å². The second kappa shape index (κ2) is 10.2. The largest absolute Gasteiger partial charge is 0.491 e. The van der Waals surface area contributed by atoms with E-state index in [1.54, 1.807) is 24.3 Å². The van der Waals surface area contributed by atoms with E-state index >= 15 is 0 Å². The summed E-state index contributed by atoms with van der Waals surface area (Å²) in [6.45, 7) is 7.43. The number of carbonyl (C=O) groups excluding carboxylic acids is 1. The standard InChI is InChI=1S/C23H30N2O6S/c1-17(2)31-20-7-9-21(10-8-20)32(27,28)25-13-11-24(12-14-25)19-6-5-18(3)22(15-19)30-16-23(26)29-4/h5-10,15,17H,11-14,16H2,1-4H3. The minimum Gasteiger partial charge on any atom is -0.491 e. The number of carbonyl (C=O) groups is 1. The topological polar surface area (TPSA) is 85.4 Å². The third-order valence-corrected chi connectivity index (χ3v) is 7.09. The van der Waals surface area contributed by atoms with E-state index in [9.17, 15) is 13.2 Å². The Morgan fingerprint density at radius 3 is 2.28 bits per heavy atom. The van der Waals surface area contributed by atoms with Gasteiger partial charge in [0.05, 0.1) is 18.1 Å². The Balaban J connectivity index is 1.65. The zero-order valence-corrected chi connectivity index (χ0v) is 19.7. The van der Waals surface area contributed by atoms with E-state index in [2.05, 4.69) is 9.64 Å². The predicted octanol–water partition coefficient (Wildman–Crippen LogP) is 2.84. The number of methoxy groups -OCH3 is 1. The van der Waals surface area contributed by atoms with Gasteiger partial charge >= 0.3 is 5.97 Å². The summed E-state index contributed by atoms with van der Waals surface area (Å²) in [7, 11) is -2.26. The van der Waals surface area contributed by atoms with Crippen molar-refractivity contribution in [2.45, 2.75) is 31.8 Å². The fourth-order valence-electron chi connectivity index (χ4n) is 3.43. The Kier molecular flexibility index (Phi) is 7.63. The summed E-state index contributed by atoms with van der Waals surface area (Å²) in [6, 6.07) is 12.3. The molecule has 0 amide bonds. The number of anilines is 1. The van der Waals surface area contributed by atoms with Crippen molar-refractivity contribution in [1.82, 2.24) is 4.31 Å². The van der Waals surface area contributed by atoms with Gasteiger partial charge in [0.2, 0.25) is 10.0 Å². The number of ether oxygens (including phenoxy) is 3. The van der Waals surface area contributed by atoms with Crippen molar-refractivity contribution < 1.29 is 27.4 Å². The Labute approximate surface area is 189 Å². The van der Waals surface area contributed by atoms with Crippen LogP contribution in [0.1, 0.15) is 19.4 Å². The Bertz CT molecular complexity index is 1030. The van der Waals surface area contributed by atoms with Gasteiger partial charge in [0.1, 0.15) is 11.5 Å². The molecule has 8 nitrogen and oxygen atoms in total. The van der Waals surface area contributed by atoms with E-state index in [-0.39, 0.29) is 17.6 Å². The van der Waals surface area contributed by atoms with Crippen LogP contribution in [-0.4, -0.2) is 64.7 Å². The van der Waals surface area contributed by atoms with Crippen molar-refractivity contribution in [2.75, 3.05) is 44.8 Å². The van der Waals surface area contributed by atoms with Crippen LogP contribution >= 0.6 is 0 Å². The highest BCUT2D eigenvalue weighted by Gasteiger charge is 2.29. The van der Waals surface area contributed by atoms with Crippen LogP contribution in [0.25, 0.3) is 0 Å². The molecule has 3 rings (SSSR count). The molecule has 0 N–H and O–H groups in total. The van der Waals surface area contributed by atoms with E-state index in [1.807, 2.05) is 39.0 Å². The number of aryl methyl sites for hydroxylation is 1. The first-order valence-electron chi connectivity index (χ1n) is 10.5. The molecule has 1 heterocycles. The van der Waals surface area contributed by atoms with Crippen molar-refractivity contribution in [3.8, 4) is 11.5 Å². The van der Waals surface area contributed by atoms with Crippen molar-refractivity contribution in [2.24, 2.45) is 0 Å². The molecular formula is C23H30N2O6S. The van der Waals surface area contributed by atoms with Crippen molar-refractivity contribution in [3.05, 3.63) is 48.0 Å². The molecule has 0 atom stereocenters. The molecular weight excluding hydrogens is 432 g/mol. The molecule has 1 fully saturated rings. The van der Waals surface area contributed by atoms with Gasteiger partial charge in [0.25, 0.3) is 0 Å². The number of sulfonamides is 1. The highest BCUT2D eigenvalue weighted by atomic mass is 32.2. The van der Waals surface area contributed by atoms with Crippen molar-refractivity contribution in [1.29, 1.82) is 0 Å². The van der Waals surface area contributed by atoms with Crippen LogP contribution in [0.2, 0.25) is 0 Å². The summed E-state index contributed by atoms with van der Waals surface area (Å²) < 4.78 is 43.4. The molecule has 1 saturated heterocycles. The number of rotatable bonds is 8. The van der Waals surface area contributed by atoms with E-state index in [0.717, 1.165) is 11.3 Å². The summed E-state index contributed by atoms with van der Waals surface area (Å²) >= 11 is 0. The highest BCUT2D eigenvalue weighted by Crippen LogP contribution is 2.28. The van der Waals surface area contributed by atoms with Crippen LogP contribution in [0.3, 0.4) is 0 Å². The van der Waals surface area contributed by atoms with Gasteiger partial charge in [-0.2, -0.15) is 4.31 Å².